The van der Waals surface area contributed by atoms with E-state index in [2.05, 4.69) is 212 Å². The summed E-state index contributed by atoms with van der Waals surface area (Å²) in [5.74, 6) is 0.574. The second-order valence-electron chi connectivity index (χ2n) is 17.1. The van der Waals surface area contributed by atoms with Crippen LogP contribution >= 0.6 is 0 Å². The fraction of sp³-hybridized carbons (Fsp3) is 0.179. The summed E-state index contributed by atoms with van der Waals surface area (Å²) in [5, 5.41) is 5.19. The minimum absolute atomic E-state index is 0.0649. The van der Waals surface area contributed by atoms with Crippen LogP contribution in [0.2, 0.25) is 0 Å². The zero-order valence-electron chi connectivity index (χ0n) is 33.8. The molecular weight excluding hydrogens is 701 g/mol. The van der Waals surface area contributed by atoms with Crippen LogP contribution in [0, 0.1) is 0 Å². The maximum Gasteiger partial charge on any atom is 0.0782 e. The number of anilines is 3. The average molecular weight is 751 g/mol. The Balaban J connectivity index is 1.34. The number of hydrogen-bond donors (Lipinski definition) is 0. The van der Waals surface area contributed by atoms with Gasteiger partial charge in [-0.25, -0.2) is 0 Å². The van der Waals surface area contributed by atoms with Gasteiger partial charge in [0.1, 0.15) is 0 Å². The Labute approximate surface area is 343 Å². The highest BCUT2D eigenvalue weighted by atomic mass is 15.2. The normalized spacial score (nSPS) is 13.7. The first-order chi connectivity index (χ1) is 28.5. The summed E-state index contributed by atoms with van der Waals surface area (Å²) >= 11 is 0. The van der Waals surface area contributed by atoms with Crippen molar-refractivity contribution < 1.29 is 0 Å². The van der Waals surface area contributed by atoms with E-state index in [1.54, 1.807) is 0 Å². The third kappa shape index (κ3) is 6.28. The van der Waals surface area contributed by atoms with Gasteiger partial charge in [-0.15, -0.1) is 0 Å². The van der Waals surface area contributed by atoms with Gasteiger partial charge in [-0.1, -0.05) is 186 Å². The zero-order valence-corrected chi connectivity index (χ0v) is 33.8. The van der Waals surface area contributed by atoms with Gasteiger partial charge in [-0.05, 0) is 93.6 Å². The summed E-state index contributed by atoms with van der Waals surface area (Å²) in [6, 6.07) is 67.8. The molecule has 8 aromatic carbocycles. The first-order valence-corrected chi connectivity index (χ1v) is 21.1. The van der Waals surface area contributed by atoms with Crippen LogP contribution in [0.1, 0.15) is 69.9 Å². The van der Waals surface area contributed by atoms with Gasteiger partial charge >= 0.3 is 0 Å². The lowest BCUT2D eigenvalue weighted by Gasteiger charge is -2.33. The predicted octanol–water partition coefficient (Wildman–Crippen LogP) is 16.1. The second-order valence-corrected chi connectivity index (χ2v) is 17.1. The lowest BCUT2D eigenvalue weighted by atomic mass is 9.80. The molecule has 0 spiro atoms. The standard InChI is InChI=1S/C56H50N2/c1-56(2,3)42-36-37-44(39-20-7-4-8-21-39)53(38-42)58(52-35-19-32-49-47-29-14-15-33-50(47)57(55(49)52)43-26-11-6-12-27-43)51-34-16-13-28-46(51)48-31-18-25-41-24-17-30-45(54(41)48)40-22-9-5-10-23-40/h4,6-8,11-21,24-38,40H,5,9-10,22-23H2,1-3H3. The molecule has 1 aromatic heterocycles. The van der Waals surface area contributed by atoms with E-state index in [9.17, 15) is 0 Å². The molecule has 2 heteroatoms. The largest absolute Gasteiger partial charge is 0.307 e. The van der Waals surface area contributed by atoms with Gasteiger partial charge in [-0.3, -0.25) is 0 Å². The molecule has 1 aliphatic carbocycles. The fourth-order valence-electron chi connectivity index (χ4n) is 9.71. The van der Waals surface area contributed by atoms with Crippen LogP contribution < -0.4 is 4.90 Å². The Morgan fingerprint density at radius 2 is 1.14 bits per heavy atom. The van der Waals surface area contributed by atoms with Crippen LogP contribution in [0.5, 0.6) is 0 Å². The highest BCUT2D eigenvalue weighted by Crippen LogP contribution is 2.51. The van der Waals surface area contributed by atoms with Crippen molar-refractivity contribution in [2.45, 2.75) is 64.2 Å². The van der Waals surface area contributed by atoms with Crippen LogP contribution in [0.15, 0.2) is 182 Å². The van der Waals surface area contributed by atoms with E-state index < -0.39 is 0 Å². The van der Waals surface area contributed by atoms with Crippen molar-refractivity contribution >= 4 is 49.6 Å². The molecule has 0 saturated heterocycles. The Bertz CT molecular complexity index is 2900. The van der Waals surface area contributed by atoms with Crippen molar-refractivity contribution in [1.82, 2.24) is 4.57 Å². The molecule has 1 heterocycles. The lowest BCUT2D eigenvalue weighted by Crippen LogP contribution is -2.17. The molecule has 0 radical (unpaired) electrons. The third-order valence-corrected chi connectivity index (χ3v) is 12.5. The zero-order chi connectivity index (χ0) is 39.2. The summed E-state index contributed by atoms with van der Waals surface area (Å²) < 4.78 is 2.48. The van der Waals surface area contributed by atoms with Crippen LogP contribution in [0.25, 0.3) is 60.5 Å². The molecule has 0 atom stereocenters. The van der Waals surface area contributed by atoms with E-state index in [0.717, 1.165) is 22.7 Å². The molecule has 58 heavy (non-hydrogen) atoms. The first kappa shape index (κ1) is 36.0. The number of aromatic nitrogens is 1. The molecular formula is C56H50N2. The van der Waals surface area contributed by atoms with Gasteiger partial charge < -0.3 is 9.47 Å². The second kappa shape index (κ2) is 14.8. The molecule has 0 amide bonds. The summed E-state index contributed by atoms with van der Waals surface area (Å²) in [6.07, 6.45) is 6.47. The van der Waals surface area contributed by atoms with Crippen LogP contribution in [-0.2, 0) is 5.41 Å². The smallest absolute Gasteiger partial charge is 0.0782 e. The predicted molar refractivity (Wildman–Crippen MR) is 248 cm³/mol. The molecule has 0 unspecified atom stereocenters. The maximum absolute atomic E-state index is 2.59. The third-order valence-electron chi connectivity index (χ3n) is 12.5. The Kier molecular flexibility index (Phi) is 9.21. The van der Waals surface area contributed by atoms with Crippen LogP contribution in [0.3, 0.4) is 0 Å². The maximum atomic E-state index is 2.59. The van der Waals surface area contributed by atoms with Crippen molar-refractivity contribution in [3.05, 3.63) is 193 Å². The summed E-state index contributed by atoms with van der Waals surface area (Å²) in [6.45, 7) is 6.97. The van der Waals surface area contributed by atoms with Gasteiger partial charge in [0.2, 0.25) is 0 Å². The molecule has 10 rings (SSSR count). The van der Waals surface area contributed by atoms with Crippen LogP contribution in [0.4, 0.5) is 17.1 Å². The molecule has 2 nitrogen and oxygen atoms in total. The highest BCUT2D eigenvalue weighted by molar-refractivity contribution is 6.15. The molecule has 1 saturated carbocycles. The summed E-state index contributed by atoms with van der Waals surface area (Å²) in [5.41, 5.74) is 14.6. The lowest BCUT2D eigenvalue weighted by molar-refractivity contribution is 0.445. The number of benzene rings is 8. The number of hydrogen-bond acceptors (Lipinski definition) is 1. The van der Waals surface area contributed by atoms with Gasteiger partial charge in [-0.2, -0.15) is 0 Å². The van der Waals surface area contributed by atoms with Gasteiger partial charge in [0, 0.05) is 27.6 Å². The van der Waals surface area contributed by atoms with Crippen molar-refractivity contribution in [3.63, 3.8) is 0 Å². The molecule has 0 aliphatic heterocycles. The molecule has 0 N–H and O–H groups in total. The van der Waals surface area contributed by atoms with E-state index >= 15 is 0 Å². The monoisotopic (exact) mass is 750 g/mol. The molecule has 1 aliphatic rings. The number of fused-ring (bicyclic) bond motifs is 4. The number of rotatable bonds is 7. The highest BCUT2D eigenvalue weighted by Gasteiger charge is 2.28. The molecule has 0 bridgehead atoms. The fourth-order valence-corrected chi connectivity index (χ4v) is 9.71. The summed E-state index contributed by atoms with van der Waals surface area (Å²) in [7, 11) is 0. The van der Waals surface area contributed by atoms with Gasteiger partial charge in [0.15, 0.2) is 0 Å². The minimum Gasteiger partial charge on any atom is -0.307 e. The first-order valence-electron chi connectivity index (χ1n) is 21.1. The van der Waals surface area contributed by atoms with Crippen molar-refractivity contribution in [2.24, 2.45) is 0 Å². The topological polar surface area (TPSA) is 8.17 Å². The van der Waals surface area contributed by atoms with E-state index in [1.807, 2.05) is 0 Å². The number of nitrogens with zero attached hydrogens (tertiary/aromatic N) is 2. The quantitative estimate of drug-likeness (QED) is 0.157. The molecule has 284 valence electrons. The van der Waals surface area contributed by atoms with E-state index in [1.165, 1.54) is 98.1 Å². The minimum atomic E-state index is -0.0649. The SMILES string of the molecule is CC(C)(C)c1ccc(-c2ccccc2)c(N(c2ccccc2-c2cccc3cccc(C4CCCCC4)c23)c2cccc3c4ccccc4n(-c4ccccc4)c23)c1. The van der Waals surface area contributed by atoms with E-state index in [-0.39, 0.29) is 5.41 Å². The average Bonchev–Trinajstić information content (AvgIpc) is 3.62. The molecule has 9 aromatic rings. The van der Waals surface area contributed by atoms with Gasteiger partial charge in [0.25, 0.3) is 0 Å². The van der Waals surface area contributed by atoms with Gasteiger partial charge in [0.05, 0.1) is 28.1 Å². The Morgan fingerprint density at radius 1 is 0.500 bits per heavy atom. The van der Waals surface area contributed by atoms with Crippen molar-refractivity contribution in [1.29, 1.82) is 0 Å². The van der Waals surface area contributed by atoms with Crippen molar-refractivity contribution in [2.75, 3.05) is 4.90 Å². The number of para-hydroxylation sites is 4. The van der Waals surface area contributed by atoms with E-state index in [4.69, 9.17) is 0 Å². The molecule has 1 fully saturated rings. The summed E-state index contributed by atoms with van der Waals surface area (Å²) in [4.78, 5) is 2.59. The Hall–Kier alpha value is -6.38. The van der Waals surface area contributed by atoms with Crippen LogP contribution in [-0.4, -0.2) is 4.57 Å². The van der Waals surface area contributed by atoms with E-state index in [0.29, 0.717) is 5.92 Å². The van der Waals surface area contributed by atoms with Crippen molar-refractivity contribution in [3.8, 4) is 27.9 Å². The Morgan fingerprint density at radius 3 is 1.93 bits per heavy atom.